The molecule has 0 saturated carbocycles. The third-order valence-electron chi connectivity index (χ3n) is 5.43. The Morgan fingerprint density at radius 1 is 1.41 bits per heavy atom. The average Bonchev–Trinajstić information content (AvgIpc) is 3.51. The Labute approximate surface area is 174 Å². The van der Waals surface area contributed by atoms with E-state index < -0.39 is 0 Å². The minimum absolute atomic E-state index is 0.0627. The molecule has 2 aliphatic heterocycles. The Morgan fingerprint density at radius 3 is 3.28 bits per heavy atom. The number of thioether (sulfide) groups is 1. The van der Waals surface area contributed by atoms with Gasteiger partial charge in [-0.3, -0.25) is 15.1 Å². The molecule has 1 saturated heterocycles. The number of hydrazine groups is 1. The first-order valence-electron chi connectivity index (χ1n) is 9.58. The van der Waals surface area contributed by atoms with Crippen molar-refractivity contribution in [2.75, 3.05) is 17.4 Å². The van der Waals surface area contributed by atoms with Crippen LogP contribution in [0.2, 0.25) is 0 Å². The van der Waals surface area contributed by atoms with Crippen LogP contribution in [-0.2, 0) is 24.2 Å². The number of furan rings is 1. The smallest absolute Gasteiger partial charge is 0.249 e. The summed E-state index contributed by atoms with van der Waals surface area (Å²) in [6, 6.07) is 3.65. The highest BCUT2D eigenvalue weighted by Gasteiger charge is 2.42. The van der Waals surface area contributed by atoms with Gasteiger partial charge in [0, 0.05) is 10.4 Å². The van der Waals surface area contributed by atoms with Crippen LogP contribution in [0.3, 0.4) is 0 Å². The van der Waals surface area contributed by atoms with Crippen LogP contribution in [0, 0.1) is 0 Å². The molecule has 29 heavy (non-hydrogen) atoms. The van der Waals surface area contributed by atoms with E-state index in [1.54, 1.807) is 6.26 Å². The van der Waals surface area contributed by atoms with E-state index in [0.717, 1.165) is 29.7 Å². The normalized spacial score (nSPS) is 19.0. The molecule has 150 valence electrons. The van der Waals surface area contributed by atoms with E-state index >= 15 is 0 Å². The zero-order valence-electron chi connectivity index (χ0n) is 15.5. The van der Waals surface area contributed by atoms with Crippen LogP contribution in [0.5, 0.6) is 0 Å². The fourth-order valence-electron chi connectivity index (χ4n) is 4.16. The van der Waals surface area contributed by atoms with Gasteiger partial charge < -0.3 is 9.73 Å². The molecule has 1 amide bonds. The third-order valence-corrected chi connectivity index (χ3v) is 7.65. The van der Waals surface area contributed by atoms with Gasteiger partial charge in [0.1, 0.15) is 16.9 Å². The van der Waals surface area contributed by atoms with Crippen LogP contribution in [0.15, 0.2) is 28.0 Å². The predicted octanol–water partition coefficient (Wildman–Crippen LogP) is 1.70. The summed E-state index contributed by atoms with van der Waals surface area (Å²) in [4.78, 5) is 13.8. The van der Waals surface area contributed by atoms with Crippen LogP contribution in [0.1, 0.15) is 34.4 Å². The summed E-state index contributed by atoms with van der Waals surface area (Å²) in [6.45, 7) is 1.08. The van der Waals surface area contributed by atoms with Crippen LogP contribution in [-0.4, -0.2) is 33.1 Å². The Bertz CT molecular complexity index is 1070. The lowest BCUT2D eigenvalue weighted by Gasteiger charge is -2.30. The second-order valence-corrected chi connectivity index (χ2v) is 9.18. The summed E-state index contributed by atoms with van der Waals surface area (Å²) in [7, 11) is 0. The maximum Gasteiger partial charge on any atom is 0.249 e. The highest BCUT2D eigenvalue weighted by Crippen LogP contribution is 2.48. The van der Waals surface area contributed by atoms with E-state index in [1.165, 1.54) is 39.2 Å². The lowest BCUT2D eigenvalue weighted by atomic mass is 10.1. The SMILES string of the molecule is O=C(CSc1nnc2n1-c1sc3c(c1C1NCNN21)CCC3)NCc1ccco1. The minimum Gasteiger partial charge on any atom is -0.467 e. The van der Waals surface area contributed by atoms with Crippen molar-refractivity contribution in [1.29, 1.82) is 0 Å². The number of aromatic nitrogens is 3. The molecule has 5 heterocycles. The second-order valence-electron chi connectivity index (χ2n) is 7.15. The van der Waals surface area contributed by atoms with Gasteiger partial charge in [-0.15, -0.1) is 21.5 Å². The number of thiophene rings is 1. The fourth-order valence-corrected chi connectivity index (χ4v) is 6.40. The minimum atomic E-state index is -0.0627. The maximum absolute atomic E-state index is 12.3. The molecule has 3 N–H and O–H groups in total. The molecule has 3 aromatic heterocycles. The molecule has 3 aromatic rings. The van der Waals surface area contributed by atoms with E-state index in [9.17, 15) is 4.79 Å². The first-order chi connectivity index (χ1) is 14.3. The largest absolute Gasteiger partial charge is 0.467 e. The molecule has 1 atom stereocenters. The lowest BCUT2D eigenvalue weighted by Crippen LogP contribution is -2.39. The molecular formula is C18H19N7O2S2. The topological polar surface area (TPSA) is 100 Å². The molecule has 9 nitrogen and oxygen atoms in total. The van der Waals surface area contributed by atoms with Gasteiger partial charge in [-0.05, 0) is 37.0 Å². The summed E-state index contributed by atoms with van der Waals surface area (Å²) in [5.74, 6) is 1.71. The summed E-state index contributed by atoms with van der Waals surface area (Å²) in [6.07, 6.45) is 5.18. The van der Waals surface area contributed by atoms with Gasteiger partial charge in [0.05, 0.1) is 25.2 Å². The van der Waals surface area contributed by atoms with Gasteiger partial charge in [0.2, 0.25) is 11.9 Å². The van der Waals surface area contributed by atoms with Gasteiger partial charge in [0.25, 0.3) is 0 Å². The summed E-state index contributed by atoms with van der Waals surface area (Å²) in [5.41, 5.74) is 6.17. The summed E-state index contributed by atoms with van der Waals surface area (Å²) < 4.78 is 7.35. The van der Waals surface area contributed by atoms with Crippen molar-refractivity contribution >= 4 is 35.0 Å². The number of carbonyl (C=O) groups is 1. The van der Waals surface area contributed by atoms with Crippen LogP contribution < -0.4 is 21.1 Å². The van der Waals surface area contributed by atoms with E-state index in [1.807, 2.05) is 23.5 Å². The Kier molecular flexibility index (Phi) is 4.15. The monoisotopic (exact) mass is 429 g/mol. The predicted molar refractivity (Wildman–Crippen MR) is 109 cm³/mol. The molecule has 6 rings (SSSR count). The lowest BCUT2D eigenvalue weighted by molar-refractivity contribution is -0.118. The highest BCUT2D eigenvalue weighted by atomic mass is 32.2. The number of anilines is 1. The fraction of sp³-hybridized carbons (Fsp3) is 0.389. The number of nitrogens with zero attached hydrogens (tertiary/aromatic N) is 4. The average molecular weight is 430 g/mol. The van der Waals surface area contributed by atoms with Gasteiger partial charge in [-0.2, -0.15) is 0 Å². The number of aryl methyl sites for hydroxylation is 1. The van der Waals surface area contributed by atoms with E-state index in [2.05, 4.69) is 35.8 Å². The number of amides is 1. The molecule has 0 aromatic carbocycles. The van der Waals surface area contributed by atoms with Crippen molar-refractivity contribution in [3.05, 3.63) is 40.2 Å². The first-order valence-corrected chi connectivity index (χ1v) is 11.4. The van der Waals surface area contributed by atoms with Crippen molar-refractivity contribution in [3.63, 3.8) is 0 Å². The van der Waals surface area contributed by atoms with E-state index in [0.29, 0.717) is 13.2 Å². The number of hydrogen-bond donors (Lipinski definition) is 3. The molecular weight excluding hydrogens is 410 g/mol. The Morgan fingerprint density at radius 2 is 2.38 bits per heavy atom. The zero-order chi connectivity index (χ0) is 19.4. The van der Waals surface area contributed by atoms with Crippen molar-refractivity contribution < 1.29 is 9.21 Å². The molecule has 1 fully saturated rings. The third kappa shape index (κ3) is 2.80. The Balaban J connectivity index is 1.26. The number of rotatable bonds is 5. The van der Waals surface area contributed by atoms with Crippen molar-refractivity contribution in [1.82, 2.24) is 30.8 Å². The van der Waals surface area contributed by atoms with Gasteiger partial charge in [-0.1, -0.05) is 11.8 Å². The van der Waals surface area contributed by atoms with Crippen molar-refractivity contribution in [2.45, 2.75) is 37.1 Å². The van der Waals surface area contributed by atoms with Crippen LogP contribution in [0.4, 0.5) is 5.95 Å². The molecule has 0 spiro atoms. The van der Waals surface area contributed by atoms with Crippen molar-refractivity contribution in [3.8, 4) is 5.00 Å². The summed E-state index contributed by atoms with van der Waals surface area (Å²) in [5, 5.41) is 19.2. The highest BCUT2D eigenvalue weighted by molar-refractivity contribution is 7.99. The van der Waals surface area contributed by atoms with Crippen LogP contribution >= 0.6 is 23.1 Å². The quantitative estimate of drug-likeness (QED) is 0.527. The number of carbonyl (C=O) groups excluding carboxylic acids is 1. The second kappa shape index (κ2) is 6.87. The number of fused-ring (bicyclic) bond motifs is 8. The molecule has 1 unspecified atom stereocenters. The van der Waals surface area contributed by atoms with Crippen molar-refractivity contribution in [2.24, 2.45) is 0 Å². The van der Waals surface area contributed by atoms with E-state index in [4.69, 9.17) is 4.42 Å². The summed E-state index contributed by atoms with van der Waals surface area (Å²) >= 11 is 3.24. The Hall–Kier alpha value is -2.34. The van der Waals surface area contributed by atoms with E-state index in [-0.39, 0.29) is 17.8 Å². The molecule has 3 aliphatic rings. The molecule has 1 aliphatic carbocycles. The van der Waals surface area contributed by atoms with Gasteiger partial charge in [-0.25, -0.2) is 9.99 Å². The first kappa shape index (κ1) is 17.5. The molecule has 0 bridgehead atoms. The zero-order valence-corrected chi connectivity index (χ0v) is 17.1. The standard InChI is InChI=1S/C18H19N7O2S2/c26-13(19-7-10-3-2-6-27-10)8-28-18-23-22-17-24(18)16-14(15-20-9-21-25(15)17)11-4-1-5-12(11)29-16/h2-3,6,15,20-21H,1,4-5,7-9H2,(H,19,26). The molecule has 11 heteroatoms. The van der Waals surface area contributed by atoms with Gasteiger partial charge >= 0.3 is 0 Å². The van der Waals surface area contributed by atoms with Crippen LogP contribution in [0.25, 0.3) is 5.00 Å². The number of hydrogen-bond acceptors (Lipinski definition) is 9. The van der Waals surface area contributed by atoms with Gasteiger partial charge in [0.15, 0.2) is 5.16 Å². The number of nitrogens with one attached hydrogen (secondary N) is 3. The molecule has 0 radical (unpaired) electrons. The maximum atomic E-state index is 12.3.